The number of rotatable bonds is 8. The highest BCUT2D eigenvalue weighted by Gasteiger charge is 2.28. The fraction of sp³-hybridized carbons (Fsp3) is 0.440. The van der Waals surface area contributed by atoms with Gasteiger partial charge in [0.25, 0.3) is 0 Å². The highest BCUT2D eigenvalue weighted by molar-refractivity contribution is 5.91. The van der Waals surface area contributed by atoms with Crippen LogP contribution in [0.15, 0.2) is 48.5 Å². The second-order valence-corrected chi connectivity index (χ2v) is 8.28. The van der Waals surface area contributed by atoms with E-state index in [4.69, 9.17) is 4.74 Å². The molecule has 0 bridgehead atoms. The minimum Gasteiger partial charge on any atom is -0.368 e. The van der Waals surface area contributed by atoms with Crippen molar-refractivity contribution in [2.75, 3.05) is 38.1 Å². The number of aldehydes is 1. The summed E-state index contributed by atoms with van der Waals surface area (Å²) in [5.41, 5.74) is 4.48. The van der Waals surface area contributed by atoms with Gasteiger partial charge in [-0.3, -0.25) is 9.69 Å². The molecule has 0 saturated carbocycles. The molecule has 2 aliphatic rings. The number of hydrogen-bond donors (Lipinski definition) is 2. The van der Waals surface area contributed by atoms with Crippen LogP contribution in [0.25, 0.3) is 0 Å². The molecule has 0 aliphatic carbocycles. The van der Waals surface area contributed by atoms with Crippen LogP contribution in [0.2, 0.25) is 0 Å². The van der Waals surface area contributed by atoms with Crippen molar-refractivity contribution in [2.45, 2.75) is 37.8 Å². The second-order valence-electron chi connectivity index (χ2n) is 8.28. The van der Waals surface area contributed by atoms with Gasteiger partial charge >= 0.3 is 0 Å². The SMILES string of the molecule is O=CCCN1CCc2ccc(NC(=O)COC3CCNCC3)cc2C1c1ccccc1. The van der Waals surface area contributed by atoms with E-state index in [2.05, 4.69) is 39.8 Å². The summed E-state index contributed by atoms with van der Waals surface area (Å²) in [6.45, 7) is 3.60. The number of benzene rings is 2. The second kappa shape index (κ2) is 10.7. The number of hydrogen-bond acceptors (Lipinski definition) is 5. The predicted octanol–water partition coefficient (Wildman–Crippen LogP) is 2.93. The number of anilines is 1. The molecule has 2 heterocycles. The van der Waals surface area contributed by atoms with E-state index in [9.17, 15) is 9.59 Å². The fourth-order valence-corrected chi connectivity index (χ4v) is 4.58. The molecule has 2 aromatic rings. The number of fused-ring (bicyclic) bond motifs is 1. The molecular formula is C25H31N3O3. The minimum absolute atomic E-state index is 0.0766. The molecule has 2 aliphatic heterocycles. The number of amides is 1. The molecule has 0 spiro atoms. The molecule has 0 radical (unpaired) electrons. The van der Waals surface area contributed by atoms with Crippen LogP contribution in [0.4, 0.5) is 5.69 Å². The molecule has 2 aromatic carbocycles. The van der Waals surface area contributed by atoms with Crippen LogP contribution in [0.1, 0.15) is 42.0 Å². The van der Waals surface area contributed by atoms with E-state index in [1.54, 1.807) is 0 Å². The summed E-state index contributed by atoms with van der Waals surface area (Å²) in [5, 5.41) is 6.31. The van der Waals surface area contributed by atoms with E-state index in [0.29, 0.717) is 6.42 Å². The Morgan fingerprint density at radius 3 is 2.74 bits per heavy atom. The van der Waals surface area contributed by atoms with Gasteiger partial charge in [-0.1, -0.05) is 36.4 Å². The van der Waals surface area contributed by atoms with Crippen molar-refractivity contribution in [3.05, 3.63) is 65.2 Å². The van der Waals surface area contributed by atoms with Crippen LogP contribution in [0.3, 0.4) is 0 Å². The van der Waals surface area contributed by atoms with Gasteiger partial charge in [-0.2, -0.15) is 0 Å². The van der Waals surface area contributed by atoms with Gasteiger partial charge in [0.05, 0.1) is 12.1 Å². The summed E-state index contributed by atoms with van der Waals surface area (Å²) in [4.78, 5) is 25.8. The van der Waals surface area contributed by atoms with E-state index >= 15 is 0 Å². The lowest BCUT2D eigenvalue weighted by atomic mass is 9.87. The lowest BCUT2D eigenvalue weighted by molar-refractivity contribution is -0.123. The first kappa shape index (κ1) is 21.7. The molecule has 1 fully saturated rings. The zero-order valence-electron chi connectivity index (χ0n) is 17.9. The lowest BCUT2D eigenvalue weighted by Crippen LogP contribution is -2.37. The van der Waals surface area contributed by atoms with Crippen LogP contribution in [0, 0.1) is 0 Å². The Bertz CT molecular complexity index is 881. The maximum Gasteiger partial charge on any atom is 0.250 e. The third-order valence-corrected chi connectivity index (χ3v) is 6.14. The molecule has 1 atom stereocenters. The Balaban J connectivity index is 1.49. The number of nitrogens with one attached hydrogen (secondary N) is 2. The maximum absolute atomic E-state index is 12.5. The van der Waals surface area contributed by atoms with Crippen LogP contribution in [0.5, 0.6) is 0 Å². The Kier molecular flexibility index (Phi) is 7.46. The number of carbonyl (C=O) groups is 2. The van der Waals surface area contributed by atoms with Gasteiger partial charge in [-0.15, -0.1) is 0 Å². The third kappa shape index (κ3) is 5.58. The Labute approximate surface area is 184 Å². The molecule has 1 unspecified atom stereocenters. The monoisotopic (exact) mass is 421 g/mol. The molecule has 2 N–H and O–H groups in total. The van der Waals surface area contributed by atoms with Crippen molar-refractivity contribution in [3.8, 4) is 0 Å². The number of nitrogens with zero attached hydrogens (tertiary/aromatic N) is 1. The van der Waals surface area contributed by atoms with Gasteiger partial charge in [-0.25, -0.2) is 0 Å². The maximum atomic E-state index is 12.5. The van der Waals surface area contributed by atoms with Gasteiger partial charge in [0.2, 0.25) is 5.91 Å². The zero-order chi connectivity index (χ0) is 21.5. The molecule has 4 rings (SSSR count). The van der Waals surface area contributed by atoms with Crippen LogP contribution in [-0.4, -0.2) is 56.0 Å². The lowest BCUT2D eigenvalue weighted by Gasteiger charge is -2.37. The smallest absolute Gasteiger partial charge is 0.250 e. The number of piperidine rings is 1. The summed E-state index contributed by atoms with van der Waals surface area (Å²) in [6, 6.07) is 16.6. The van der Waals surface area contributed by atoms with E-state index in [0.717, 1.165) is 57.4 Å². The Morgan fingerprint density at radius 1 is 1.16 bits per heavy atom. The molecule has 0 aromatic heterocycles. The zero-order valence-corrected chi connectivity index (χ0v) is 17.9. The van der Waals surface area contributed by atoms with Gasteiger partial charge in [-0.05, 0) is 61.2 Å². The largest absolute Gasteiger partial charge is 0.368 e. The molecule has 31 heavy (non-hydrogen) atoms. The van der Waals surface area contributed by atoms with Crippen molar-refractivity contribution >= 4 is 17.9 Å². The molecular weight excluding hydrogens is 390 g/mol. The van der Waals surface area contributed by atoms with Gasteiger partial charge in [0.15, 0.2) is 0 Å². The highest BCUT2D eigenvalue weighted by atomic mass is 16.5. The molecule has 1 saturated heterocycles. The molecule has 6 nitrogen and oxygen atoms in total. The predicted molar refractivity (Wildman–Crippen MR) is 121 cm³/mol. The van der Waals surface area contributed by atoms with E-state index in [1.807, 2.05) is 24.3 Å². The van der Waals surface area contributed by atoms with Crippen molar-refractivity contribution in [2.24, 2.45) is 0 Å². The molecule has 6 heteroatoms. The van der Waals surface area contributed by atoms with Crippen LogP contribution in [-0.2, 0) is 20.7 Å². The van der Waals surface area contributed by atoms with Crippen LogP contribution < -0.4 is 10.6 Å². The van der Waals surface area contributed by atoms with E-state index < -0.39 is 0 Å². The summed E-state index contributed by atoms with van der Waals surface area (Å²) in [5.74, 6) is -0.122. The summed E-state index contributed by atoms with van der Waals surface area (Å²) >= 11 is 0. The van der Waals surface area contributed by atoms with Crippen molar-refractivity contribution < 1.29 is 14.3 Å². The van der Waals surface area contributed by atoms with Gasteiger partial charge in [0, 0.05) is 25.2 Å². The standard InChI is InChI=1S/C25H31N3O3/c29-16-4-14-28-15-11-19-7-8-21(17-23(19)25(28)20-5-2-1-3-6-20)27-24(30)18-31-22-9-12-26-13-10-22/h1-3,5-8,16-17,22,25-26H,4,9-15,18H2,(H,27,30). The van der Waals surface area contributed by atoms with Crippen molar-refractivity contribution in [1.29, 1.82) is 0 Å². The number of ether oxygens (including phenoxy) is 1. The minimum atomic E-state index is -0.122. The molecule has 1 amide bonds. The van der Waals surface area contributed by atoms with Gasteiger partial charge < -0.3 is 20.2 Å². The quantitative estimate of drug-likeness (QED) is 0.642. The average Bonchev–Trinajstić information content (AvgIpc) is 2.82. The topological polar surface area (TPSA) is 70.7 Å². The Hall–Kier alpha value is -2.54. The summed E-state index contributed by atoms with van der Waals surface area (Å²) < 4.78 is 5.79. The molecule has 164 valence electrons. The Morgan fingerprint density at radius 2 is 1.97 bits per heavy atom. The number of carbonyl (C=O) groups excluding carboxylic acids is 2. The highest BCUT2D eigenvalue weighted by Crippen LogP contribution is 2.36. The summed E-state index contributed by atoms with van der Waals surface area (Å²) in [7, 11) is 0. The van der Waals surface area contributed by atoms with E-state index in [1.165, 1.54) is 16.7 Å². The average molecular weight is 422 g/mol. The van der Waals surface area contributed by atoms with Crippen LogP contribution >= 0.6 is 0 Å². The first-order chi connectivity index (χ1) is 15.2. The van der Waals surface area contributed by atoms with Crippen molar-refractivity contribution in [1.82, 2.24) is 10.2 Å². The fourth-order valence-electron chi connectivity index (χ4n) is 4.58. The first-order valence-electron chi connectivity index (χ1n) is 11.2. The third-order valence-electron chi connectivity index (χ3n) is 6.14. The summed E-state index contributed by atoms with van der Waals surface area (Å²) in [6.07, 6.45) is 4.48. The van der Waals surface area contributed by atoms with Gasteiger partial charge in [0.1, 0.15) is 12.9 Å². The van der Waals surface area contributed by atoms with E-state index in [-0.39, 0.29) is 24.7 Å². The van der Waals surface area contributed by atoms with Crippen molar-refractivity contribution in [3.63, 3.8) is 0 Å². The first-order valence-corrected chi connectivity index (χ1v) is 11.2. The normalized spacial score (nSPS) is 19.5.